The summed E-state index contributed by atoms with van der Waals surface area (Å²) in [5.74, 6) is 0.0810. The zero-order valence-electron chi connectivity index (χ0n) is 24.7. The molecule has 0 saturated carbocycles. The predicted octanol–water partition coefficient (Wildman–Crippen LogP) is 7.01. The molecule has 0 bridgehead atoms. The first-order chi connectivity index (χ1) is 21.4. The van der Waals surface area contributed by atoms with E-state index in [1.807, 2.05) is 56.3 Å². The van der Waals surface area contributed by atoms with E-state index in [-0.39, 0.29) is 23.4 Å². The van der Waals surface area contributed by atoms with Crippen LogP contribution in [0.25, 0.3) is 11.0 Å². The summed E-state index contributed by atoms with van der Waals surface area (Å²) in [6.07, 6.45) is 0. The maximum absolute atomic E-state index is 14.1. The summed E-state index contributed by atoms with van der Waals surface area (Å²) in [4.78, 5) is 41.9. The van der Waals surface area contributed by atoms with Crippen molar-refractivity contribution >= 4 is 28.5 Å². The highest BCUT2D eigenvalue weighted by Gasteiger charge is 2.44. The van der Waals surface area contributed by atoms with Crippen LogP contribution in [0.5, 0.6) is 11.5 Å². The molecule has 2 heterocycles. The molecule has 0 spiro atoms. The van der Waals surface area contributed by atoms with Gasteiger partial charge in [-0.25, -0.2) is 4.79 Å². The number of anilines is 1. The number of amides is 1. The van der Waals surface area contributed by atoms with Gasteiger partial charge < -0.3 is 18.6 Å². The predicted molar refractivity (Wildman–Crippen MR) is 167 cm³/mol. The molecule has 6 rings (SSSR count). The Kier molecular flexibility index (Phi) is 7.89. The molecule has 5 aromatic rings. The fourth-order valence-electron chi connectivity index (χ4n) is 5.46. The van der Waals surface area contributed by atoms with Crippen LogP contribution in [-0.4, -0.2) is 25.1 Å². The quantitative estimate of drug-likeness (QED) is 0.171. The Balaban J connectivity index is 1.48. The number of benzene rings is 4. The summed E-state index contributed by atoms with van der Waals surface area (Å²) in [6.45, 7) is 6.49. The third-order valence-corrected chi connectivity index (χ3v) is 7.50. The fraction of sp³-hybridized carbons (Fsp3) is 0.194. The minimum Gasteiger partial charge on any atom is -0.490 e. The molecule has 1 unspecified atom stereocenters. The molecule has 8 nitrogen and oxygen atoms in total. The SMILES string of the molecule is CCOC(=O)c1ccc(N2C(=O)c3oc4ccc(C)cc4c(=O)c3C2c2ccc(OCc3ccccc3)c(OCC)c2)cc1. The molecule has 1 aromatic heterocycles. The zero-order valence-corrected chi connectivity index (χ0v) is 24.7. The van der Waals surface area contributed by atoms with Gasteiger partial charge in [0.25, 0.3) is 5.91 Å². The zero-order chi connectivity index (χ0) is 30.8. The summed E-state index contributed by atoms with van der Waals surface area (Å²) in [6, 6.07) is 26.2. The normalized spacial score (nSPS) is 14.0. The third-order valence-electron chi connectivity index (χ3n) is 7.50. The van der Waals surface area contributed by atoms with Crippen LogP contribution >= 0.6 is 0 Å². The van der Waals surface area contributed by atoms with Crippen LogP contribution in [0.15, 0.2) is 100 Å². The Morgan fingerprint density at radius 1 is 0.841 bits per heavy atom. The number of hydrogen-bond acceptors (Lipinski definition) is 7. The van der Waals surface area contributed by atoms with E-state index in [0.717, 1.165) is 11.1 Å². The second kappa shape index (κ2) is 12.1. The topological polar surface area (TPSA) is 95.3 Å². The van der Waals surface area contributed by atoms with E-state index in [1.54, 1.807) is 55.5 Å². The molecule has 0 aliphatic carbocycles. The van der Waals surface area contributed by atoms with Crippen LogP contribution in [0.2, 0.25) is 0 Å². The molecular weight excluding hydrogens is 558 g/mol. The molecule has 0 fully saturated rings. The van der Waals surface area contributed by atoms with Crippen molar-refractivity contribution in [2.45, 2.75) is 33.4 Å². The number of ether oxygens (including phenoxy) is 3. The molecule has 44 heavy (non-hydrogen) atoms. The van der Waals surface area contributed by atoms with Gasteiger partial charge in [0.05, 0.1) is 35.8 Å². The van der Waals surface area contributed by atoms with Crippen molar-refractivity contribution < 1.29 is 28.2 Å². The molecule has 1 amide bonds. The van der Waals surface area contributed by atoms with Gasteiger partial charge in [-0.05, 0) is 80.4 Å². The Hall–Kier alpha value is -5.37. The Morgan fingerprint density at radius 2 is 1.61 bits per heavy atom. The van der Waals surface area contributed by atoms with E-state index in [0.29, 0.717) is 52.5 Å². The summed E-state index contributed by atoms with van der Waals surface area (Å²) in [5.41, 5.74) is 3.68. The van der Waals surface area contributed by atoms with Crippen molar-refractivity contribution in [3.8, 4) is 11.5 Å². The number of esters is 1. The van der Waals surface area contributed by atoms with Crippen LogP contribution in [0.3, 0.4) is 0 Å². The van der Waals surface area contributed by atoms with E-state index in [9.17, 15) is 14.4 Å². The molecule has 1 aliphatic rings. The molecule has 1 aliphatic heterocycles. The van der Waals surface area contributed by atoms with E-state index in [4.69, 9.17) is 18.6 Å². The van der Waals surface area contributed by atoms with Gasteiger partial charge in [0.2, 0.25) is 5.76 Å². The highest BCUT2D eigenvalue weighted by Crippen LogP contribution is 2.43. The largest absolute Gasteiger partial charge is 0.490 e. The fourth-order valence-corrected chi connectivity index (χ4v) is 5.46. The van der Waals surface area contributed by atoms with E-state index < -0.39 is 17.9 Å². The molecule has 222 valence electrons. The van der Waals surface area contributed by atoms with Crippen molar-refractivity contribution in [2.24, 2.45) is 0 Å². The van der Waals surface area contributed by atoms with Crippen LogP contribution in [0.1, 0.15) is 63.1 Å². The van der Waals surface area contributed by atoms with E-state index in [1.165, 1.54) is 4.90 Å². The maximum Gasteiger partial charge on any atom is 0.338 e. The highest BCUT2D eigenvalue weighted by atomic mass is 16.5. The van der Waals surface area contributed by atoms with Crippen molar-refractivity contribution in [1.82, 2.24) is 0 Å². The van der Waals surface area contributed by atoms with Gasteiger partial charge in [-0.2, -0.15) is 0 Å². The van der Waals surface area contributed by atoms with Gasteiger partial charge in [-0.15, -0.1) is 0 Å². The lowest BCUT2D eigenvalue weighted by molar-refractivity contribution is 0.0526. The maximum atomic E-state index is 14.1. The lowest BCUT2D eigenvalue weighted by Gasteiger charge is -2.26. The molecule has 4 aromatic carbocycles. The first-order valence-electron chi connectivity index (χ1n) is 14.5. The summed E-state index contributed by atoms with van der Waals surface area (Å²) in [5, 5.41) is 0.397. The minimum atomic E-state index is -0.825. The molecular formula is C36H31NO7. The van der Waals surface area contributed by atoms with Crippen LogP contribution in [0.4, 0.5) is 5.69 Å². The summed E-state index contributed by atoms with van der Waals surface area (Å²) >= 11 is 0. The van der Waals surface area contributed by atoms with Crippen LogP contribution < -0.4 is 19.8 Å². The molecule has 1 atom stereocenters. The average molecular weight is 590 g/mol. The average Bonchev–Trinajstić information content (AvgIpc) is 3.33. The standard InChI is InChI=1S/C36H31NO7/c1-4-41-30-20-25(14-18-29(30)43-21-23-9-7-6-8-10-23)32-31-33(38)27-19-22(3)11-17-28(27)44-34(31)35(39)37(32)26-15-12-24(13-16-26)36(40)42-5-2/h6-20,32H,4-5,21H2,1-3H3. The number of nitrogens with zero attached hydrogens (tertiary/aromatic N) is 1. The van der Waals surface area contributed by atoms with Crippen molar-refractivity contribution in [3.05, 3.63) is 135 Å². The summed E-state index contributed by atoms with van der Waals surface area (Å²) < 4.78 is 23.3. The molecule has 0 radical (unpaired) electrons. The number of fused-ring (bicyclic) bond motifs is 2. The first kappa shape index (κ1) is 28.7. The lowest BCUT2D eigenvalue weighted by Crippen LogP contribution is -2.29. The second-order valence-corrected chi connectivity index (χ2v) is 10.4. The summed E-state index contributed by atoms with van der Waals surface area (Å²) in [7, 11) is 0. The Bertz CT molecular complexity index is 1910. The number of aryl methyl sites for hydroxylation is 1. The second-order valence-electron chi connectivity index (χ2n) is 10.4. The van der Waals surface area contributed by atoms with Gasteiger partial charge >= 0.3 is 5.97 Å². The van der Waals surface area contributed by atoms with Crippen molar-refractivity contribution in [1.29, 1.82) is 0 Å². The van der Waals surface area contributed by atoms with Crippen molar-refractivity contribution in [3.63, 3.8) is 0 Å². The van der Waals surface area contributed by atoms with E-state index >= 15 is 0 Å². The molecule has 8 heteroatoms. The van der Waals surface area contributed by atoms with Gasteiger partial charge in [0, 0.05) is 5.69 Å². The number of rotatable bonds is 9. The monoisotopic (exact) mass is 589 g/mol. The number of carbonyl (C=O) groups is 2. The minimum absolute atomic E-state index is 0.0202. The third kappa shape index (κ3) is 5.30. The van der Waals surface area contributed by atoms with Crippen molar-refractivity contribution in [2.75, 3.05) is 18.1 Å². The van der Waals surface area contributed by atoms with Crippen LogP contribution in [-0.2, 0) is 11.3 Å². The van der Waals surface area contributed by atoms with Gasteiger partial charge in [0.15, 0.2) is 16.9 Å². The van der Waals surface area contributed by atoms with Crippen LogP contribution in [0, 0.1) is 6.92 Å². The van der Waals surface area contributed by atoms with Gasteiger partial charge in [-0.3, -0.25) is 14.5 Å². The lowest BCUT2D eigenvalue weighted by atomic mass is 9.97. The first-order valence-corrected chi connectivity index (χ1v) is 14.5. The number of hydrogen-bond donors (Lipinski definition) is 0. The van der Waals surface area contributed by atoms with Gasteiger partial charge in [0.1, 0.15) is 12.2 Å². The molecule has 0 saturated heterocycles. The van der Waals surface area contributed by atoms with Gasteiger partial charge in [-0.1, -0.05) is 48.0 Å². The Labute approximate surface area is 254 Å². The van der Waals surface area contributed by atoms with E-state index in [2.05, 4.69) is 0 Å². The number of carbonyl (C=O) groups excluding carboxylic acids is 2. The Morgan fingerprint density at radius 3 is 2.34 bits per heavy atom. The molecule has 0 N–H and O–H groups in total. The highest BCUT2D eigenvalue weighted by molar-refractivity contribution is 6.11. The smallest absolute Gasteiger partial charge is 0.338 e.